The van der Waals surface area contributed by atoms with E-state index in [0.29, 0.717) is 52.2 Å². The minimum Gasteiger partial charge on any atom is -0.486 e. The Morgan fingerprint density at radius 1 is 1.00 bits per heavy atom. The molecule has 0 bridgehead atoms. The summed E-state index contributed by atoms with van der Waals surface area (Å²) in [5, 5.41) is 0.486. The van der Waals surface area contributed by atoms with Gasteiger partial charge < -0.3 is 9.47 Å². The molecule has 1 aliphatic rings. The number of hydrogen-bond acceptors (Lipinski definition) is 7. The second-order valence-electron chi connectivity index (χ2n) is 7.63. The van der Waals surface area contributed by atoms with Crippen LogP contribution in [0.5, 0.6) is 11.5 Å². The highest BCUT2D eigenvalue weighted by Crippen LogP contribution is 2.35. The largest absolute Gasteiger partial charge is 0.486 e. The van der Waals surface area contributed by atoms with Gasteiger partial charge in [0.15, 0.2) is 26.5 Å². The van der Waals surface area contributed by atoms with Crippen molar-refractivity contribution in [3.8, 4) is 11.5 Å². The molecule has 0 aliphatic carbocycles. The molecule has 0 radical (unpaired) electrons. The molecule has 9 heteroatoms. The van der Waals surface area contributed by atoms with Gasteiger partial charge in [-0.15, -0.1) is 0 Å². The number of thiazole rings is 1. The number of hydrogen-bond donors (Lipinski definition) is 0. The van der Waals surface area contributed by atoms with Crippen molar-refractivity contribution in [3.63, 3.8) is 0 Å². The van der Waals surface area contributed by atoms with E-state index in [4.69, 9.17) is 9.47 Å². The van der Waals surface area contributed by atoms with Crippen LogP contribution in [0.1, 0.15) is 15.9 Å². The zero-order chi connectivity index (χ0) is 23.0. The number of rotatable bonds is 5. The highest BCUT2D eigenvalue weighted by Gasteiger charge is 2.24. The first kappa shape index (κ1) is 21.4. The van der Waals surface area contributed by atoms with Crippen LogP contribution in [-0.2, 0) is 16.4 Å². The topological polar surface area (TPSA) is 85.8 Å². The monoisotopic (exact) mass is 480 g/mol. The van der Waals surface area contributed by atoms with Crippen LogP contribution < -0.4 is 14.4 Å². The lowest BCUT2D eigenvalue weighted by Gasteiger charge is -2.22. The molecule has 5 rings (SSSR count). The molecule has 0 atom stereocenters. The molecule has 2 heterocycles. The molecular weight excluding hydrogens is 460 g/mol. The number of fused-ring (bicyclic) bond motifs is 2. The normalized spacial score (nSPS) is 13.1. The number of amides is 1. The first-order chi connectivity index (χ1) is 15.9. The Morgan fingerprint density at radius 2 is 1.76 bits per heavy atom. The third-order valence-corrected chi connectivity index (χ3v) is 7.38. The molecule has 0 N–H and O–H groups in total. The highest BCUT2D eigenvalue weighted by molar-refractivity contribution is 7.90. The average molecular weight is 481 g/mol. The summed E-state index contributed by atoms with van der Waals surface area (Å²) in [6, 6.07) is 19.6. The number of carbonyl (C=O) groups is 1. The van der Waals surface area contributed by atoms with Gasteiger partial charge in [0.1, 0.15) is 13.2 Å². The van der Waals surface area contributed by atoms with Crippen LogP contribution in [0.3, 0.4) is 0 Å². The second-order valence-corrected chi connectivity index (χ2v) is 10.7. The lowest BCUT2D eigenvalue weighted by Crippen LogP contribution is -2.30. The molecule has 7 nitrogen and oxygen atoms in total. The lowest BCUT2D eigenvalue weighted by atomic mass is 10.1. The summed E-state index contributed by atoms with van der Waals surface area (Å²) < 4.78 is 35.8. The van der Waals surface area contributed by atoms with Gasteiger partial charge in [0.05, 0.1) is 21.7 Å². The zero-order valence-electron chi connectivity index (χ0n) is 17.7. The van der Waals surface area contributed by atoms with Crippen molar-refractivity contribution in [2.45, 2.75) is 11.4 Å². The molecule has 4 aromatic rings. The summed E-state index contributed by atoms with van der Waals surface area (Å²) in [6.07, 6.45) is 1.17. The molecule has 1 aliphatic heterocycles. The molecular formula is C24H20N2O5S2. The van der Waals surface area contributed by atoms with Crippen LogP contribution in [-0.4, -0.2) is 38.8 Å². The third kappa shape index (κ3) is 4.42. The van der Waals surface area contributed by atoms with Gasteiger partial charge in [0.25, 0.3) is 5.91 Å². The molecule has 1 aromatic heterocycles. The van der Waals surface area contributed by atoms with Crippen LogP contribution in [0.4, 0.5) is 5.13 Å². The molecule has 0 saturated heterocycles. The number of sulfone groups is 1. The molecule has 0 spiro atoms. The Labute approximate surface area is 195 Å². The maximum Gasteiger partial charge on any atom is 0.260 e. The van der Waals surface area contributed by atoms with E-state index in [1.165, 1.54) is 23.7 Å². The first-order valence-electron chi connectivity index (χ1n) is 10.2. The Hall–Kier alpha value is -3.43. The smallest absolute Gasteiger partial charge is 0.260 e. The van der Waals surface area contributed by atoms with Crippen LogP contribution in [0.2, 0.25) is 0 Å². The van der Waals surface area contributed by atoms with Gasteiger partial charge in [-0.1, -0.05) is 41.7 Å². The fourth-order valence-electron chi connectivity index (χ4n) is 3.56. The minimum atomic E-state index is -3.35. The summed E-state index contributed by atoms with van der Waals surface area (Å²) in [6.45, 7) is 1.22. The quantitative estimate of drug-likeness (QED) is 0.423. The summed E-state index contributed by atoms with van der Waals surface area (Å²) >= 11 is 1.28. The first-order valence-corrected chi connectivity index (χ1v) is 13.0. The molecule has 33 heavy (non-hydrogen) atoms. The fourth-order valence-corrected chi connectivity index (χ4v) is 5.29. The van der Waals surface area contributed by atoms with Crippen molar-refractivity contribution in [1.82, 2.24) is 4.98 Å². The SMILES string of the molecule is CS(=O)(=O)c1ccc2nc(N(Cc3ccccc3)C(=O)c3ccc4c(c3)OCCO4)sc2c1. The number of aromatic nitrogens is 1. The zero-order valence-corrected chi connectivity index (χ0v) is 19.4. The van der Waals surface area contributed by atoms with Crippen molar-refractivity contribution in [3.05, 3.63) is 77.9 Å². The van der Waals surface area contributed by atoms with Crippen molar-refractivity contribution in [2.75, 3.05) is 24.4 Å². The second kappa shape index (κ2) is 8.49. The van der Waals surface area contributed by atoms with Gasteiger partial charge in [-0.05, 0) is 42.0 Å². The van der Waals surface area contributed by atoms with Crippen LogP contribution in [0, 0.1) is 0 Å². The van der Waals surface area contributed by atoms with E-state index in [9.17, 15) is 13.2 Å². The van der Waals surface area contributed by atoms with Gasteiger partial charge in [-0.2, -0.15) is 0 Å². The third-order valence-electron chi connectivity index (χ3n) is 5.23. The van der Waals surface area contributed by atoms with E-state index in [0.717, 1.165) is 5.56 Å². The Balaban J connectivity index is 1.56. The fraction of sp³-hybridized carbons (Fsp3) is 0.167. The number of anilines is 1. The summed E-state index contributed by atoms with van der Waals surface area (Å²) in [5.74, 6) is 0.910. The van der Waals surface area contributed by atoms with Crippen molar-refractivity contribution < 1.29 is 22.7 Å². The van der Waals surface area contributed by atoms with Crippen molar-refractivity contribution in [2.24, 2.45) is 0 Å². The number of nitrogens with zero attached hydrogens (tertiary/aromatic N) is 2. The standard InChI is InChI=1S/C24H20N2O5S2/c1-33(28,29)18-8-9-19-22(14-18)32-24(25-19)26(15-16-5-3-2-4-6-16)23(27)17-7-10-20-21(13-17)31-12-11-30-20/h2-10,13-14H,11-12,15H2,1H3. The van der Waals surface area contributed by atoms with Gasteiger partial charge >= 0.3 is 0 Å². The molecule has 168 valence electrons. The van der Waals surface area contributed by atoms with Gasteiger partial charge in [-0.3, -0.25) is 9.69 Å². The molecule has 1 amide bonds. The summed E-state index contributed by atoms with van der Waals surface area (Å²) in [7, 11) is -3.35. The van der Waals surface area contributed by atoms with Crippen molar-refractivity contribution in [1.29, 1.82) is 0 Å². The number of carbonyl (C=O) groups excluding carboxylic acids is 1. The van der Waals surface area contributed by atoms with Crippen LogP contribution in [0.15, 0.2) is 71.6 Å². The average Bonchev–Trinajstić information content (AvgIpc) is 3.25. The van der Waals surface area contributed by atoms with Crippen molar-refractivity contribution >= 4 is 42.4 Å². The van der Waals surface area contributed by atoms with E-state index in [1.807, 2.05) is 30.3 Å². The Morgan fingerprint density at radius 3 is 2.52 bits per heavy atom. The lowest BCUT2D eigenvalue weighted by molar-refractivity contribution is 0.0984. The molecule has 0 saturated carbocycles. The Bertz CT molecular complexity index is 1450. The van der Waals surface area contributed by atoms with E-state index < -0.39 is 9.84 Å². The van der Waals surface area contributed by atoms with E-state index in [-0.39, 0.29) is 10.8 Å². The molecule has 0 fully saturated rings. The summed E-state index contributed by atoms with van der Waals surface area (Å²) in [4.78, 5) is 20.1. The number of ether oxygens (including phenoxy) is 2. The van der Waals surface area contributed by atoms with E-state index >= 15 is 0 Å². The molecule has 0 unspecified atom stereocenters. The predicted molar refractivity (Wildman–Crippen MR) is 127 cm³/mol. The van der Waals surface area contributed by atoms with Gasteiger partial charge in [-0.25, -0.2) is 13.4 Å². The summed E-state index contributed by atoms with van der Waals surface area (Å²) in [5.41, 5.74) is 2.03. The Kier molecular flexibility index (Phi) is 5.51. The minimum absolute atomic E-state index is 0.220. The van der Waals surface area contributed by atoms with E-state index in [1.54, 1.807) is 35.2 Å². The van der Waals surface area contributed by atoms with E-state index in [2.05, 4.69) is 4.98 Å². The maximum atomic E-state index is 13.6. The molecule has 3 aromatic carbocycles. The highest BCUT2D eigenvalue weighted by atomic mass is 32.2. The van der Waals surface area contributed by atoms with Crippen LogP contribution >= 0.6 is 11.3 Å². The van der Waals surface area contributed by atoms with Gasteiger partial charge in [0, 0.05) is 11.8 Å². The predicted octanol–water partition coefficient (Wildman–Crippen LogP) is 4.32. The van der Waals surface area contributed by atoms with Crippen LogP contribution in [0.25, 0.3) is 10.2 Å². The van der Waals surface area contributed by atoms with Gasteiger partial charge in [0.2, 0.25) is 0 Å². The number of benzene rings is 3. The maximum absolute atomic E-state index is 13.6.